The summed E-state index contributed by atoms with van der Waals surface area (Å²) in [5.41, 5.74) is 6.87. The van der Waals surface area contributed by atoms with Crippen LogP contribution in [-0.4, -0.2) is 25.5 Å². The van der Waals surface area contributed by atoms with Crippen LogP contribution < -0.4 is 10.9 Å². The molecule has 1 amide bonds. The zero-order valence-electron chi connectivity index (χ0n) is 15.5. The van der Waals surface area contributed by atoms with E-state index in [-0.39, 0.29) is 34.4 Å². The Morgan fingerprint density at radius 3 is 2.37 bits per heavy atom. The highest BCUT2D eigenvalue weighted by Crippen LogP contribution is 2.33. The highest BCUT2D eigenvalue weighted by atomic mass is 35.5. The second-order valence-electron chi connectivity index (χ2n) is 6.32. The topological polar surface area (TPSA) is 84.2 Å². The molecule has 160 valence electrons. The fourth-order valence-corrected chi connectivity index (χ4v) is 3.70. The highest BCUT2D eigenvalue weighted by molar-refractivity contribution is 6.41. The van der Waals surface area contributed by atoms with Crippen molar-refractivity contribution in [3.05, 3.63) is 50.0 Å². The lowest BCUT2D eigenvalue weighted by Crippen LogP contribution is -2.30. The fourth-order valence-electron chi connectivity index (χ4n) is 2.79. The number of aryl methyl sites for hydroxylation is 2. The van der Waals surface area contributed by atoms with E-state index in [1.807, 2.05) is 0 Å². The van der Waals surface area contributed by atoms with Crippen molar-refractivity contribution in [2.24, 2.45) is 0 Å². The minimum absolute atomic E-state index is 0.0194. The Kier molecular flexibility index (Phi) is 6.30. The molecule has 7 nitrogen and oxygen atoms in total. The Morgan fingerprint density at radius 2 is 1.77 bits per heavy atom. The maximum Gasteiger partial charge on any atom is 0.453 e. The molecular formula is C17H14Cl3F3N6O. The Bertz CT molecular complexity index is 1110. The van der Waals surface area contributed by atoms with Gasteiger partial charge in [0.2, 0.25) is 5.91 Å². The van der Waals surface area contributed by atoms with Crippen molar-refractivity contribution in [1.82, 2.24) is 25.0 Å². The number of nitrogens with zero attached hydrogens (tertiary/aromatic N) is 4. The first-order chi connectivity index (χ1) is 14.0. The number of hydrazine groups is 1. The predicted molar refractivity (Wildman–Crippen MR) is 107 cm³/mol. The van der Waals surface area contributed by atoms with Crippen LogP contribution in [0.15, 0.2) is 12.1 Å². The van der Waals surface area contributed by atoms with Crippen molar-refractivity contribution in [3.8, 4) is 0 Å². The number of aromatic nitrogens is 4. The molecule has 0 saturated heterocycles. The molecule has 2 aromatic heterocycles. The van der Waals surface area contributed by atoms with Crippen LogP contribution in [0.5, 0.6) is 0 Å². The summed E-state index contributed by atoms with van der Waals surface area (Å²) in [4.78, 5) is 19.7. The van der Waals surface area contributed by atoms with E-state index in [1.165, 1.54) is 12.1 Å². The second-order valence-corrected chi connectivity index (χ2v) is 7.57. The Hall–Kier alpha value is -2.30. The van der Waals surface area contributed by atoms with Gasteiger partial charge in [-0.25, -0.2) is 9.50 Å². The molecule has 30 heavy (non-hydrogen) atoms. The number of hydrogen-bond acceptors (Lipinski definition) is 5. The van der Waals surface area contributed by atoms with Crippen molar-refractivity contribution in [2.45, 2.75) is 32.9 Å². The molecule has 0 atom stereocenters. The quantitative estimate of drug-likeness (QED) is 0.512. The first-order valence-electron chi connectivity index (χ1n) is 8.47. The number of rotatable bonds is 5. The largest absolute Gasteiger partial charge is 0.453 e. The SMILES string of the molecule is Cc1nc2nc(C(F)(F)F)nn2c(C)c1CCC(=O)NNc1c(Cl)cc(Cl)cc1Cl. The molecule has 0 spiro atoms. The van der Waals surface area contributed by atoms with Gasteiger partial charge in [0, 0.05) is 22.8 Å². The number of nitrogens with one attached hydrogen (secondary N) is 2. The molecule has 0 bridgehead atoms. The molecule has 0 aliphatic carbocycles. The van der Waals surface area contributed by atoms with Gasteiger partial charge in [-0.3, -0.25) is 15.6 Å². The van der Waals surface area contributed by atoms with Crippen molar-refractivity contribution in [3.63, 3.8) is 0 Å². The Morgan fingerprint density at radius 1 is 1.13 bits per heavy atom. The summed E-state index contributed by atoms with van der Waals surface area (Å²) in [6.45, 7) is 3.23. The molecule has 2 N–H and O–H groups in total. The van der Waals surface area contributed by atoms with Crippen LogP contribution in [-0.2, 0) is 17.4 Å². The number of carbonyl (C=O) groups excluding carboxylic acids is 1. The summed E-state index contributed by atoms with van der Waals surface area (Å²) in [6.07, 6.45) is -4.44. The predicted octanol–water partition coefficient (Wildman–Crippen LogP) is 4.80. The second kappa shape index (κ2) is 8.44. The van der Waals surface area contributed by atoms with Crippen LogP contribution in [0.3, 0.4) is 0 Å². The number of alkyl halides is 3. The molecule has 0 radical (unpaired) electrons. The molecule has 1 aromatic carbocycles. The van der Waals surface area contributed by atoms with E-state index in [1.54, 1.807) is 13.8 Å². The van der Waals surface area contributed by atoms with Gasteiger partial charge < -0.3 is 0 Å². The fraction of sp³-hybridized carbons (Fsp3) is 0.294. The van der Waals surface area contributed by atoms with Crippen LogP contribution in [0.1, 0.15) is 29.2 Å². The molecule has 13 heteroatoms. The van der Waals surface area contributed by atoms with Gasteiger partial charge in [-0.15, -0.1) is 5.10 Å². The van der Waals surface area contributed by atoms with E-state index in [9.17, 15) is 18.0 Å². The number of fused-ring (bicyclic) bond motifs is 1. The minimum atomic E-state index is -4.68. The Balaban J connectivity index is 1.71. The van der Waals surface area contributed by atoms with E-state index in [2.05, 4.69) is 25.9 Å². The zero-order chi connectivity index (χ0) is 22.2. The van der Waals surface area contributed by atoms with Gasteiger partial charge in [0.05, 0.1) is 15.7 Å². The molecular weight excluding hydrogens is 468 g/mol. The summed E-state index contributed by atoms with van der Waals surface area (Å²) < 4.78 is 39.6. The van der Waals surface area contributed by atoms with Gasteiger partial charge in [-0.05, 0) is 38.0 Å². The maximum atomic E-state index is 12.9. The van der Waals surface area contributed by atoms with Crippen molar-refractivity contribution in [1.29, 1.82) is 0 Å². The van der Waals surface area contributed by atoms with E-state index >= 15 is 0 Å². The number of amides is 1. The molecule has 3 rings (SSSR count). The van der Waals surface area contributed by atoms with Crippen LogP contribution >= 0.6 is 34.8 Å². The summed E-state index contributed by atoms with van der Waals surface area (Å²) in [5, 5.41) is 4.27. The normalized spacial score (nSPS) is 11.7. The van der Waals surface area contributed by atoms with E-state index in [0.717, 1.165) is 4.52 Å². The Labute approximate surface area is 183 Å². The van der Waals surface area contributed by atoms with Gasteiger partial charge in [-0.1, -0.05) is 34.8 Å². The molecule has 0 aliphatic heterocycles. The van der Waals surface area contributed by atoms with Crippen LogP contribution in [0.4, 0.5) is 18.9 Å². The van der Waals surface area contributed by atoms with Gasteiger partial charge in [0.15, 0.2) is 0 Å². The molecule has 0 unspecified atom stereocenters. The van der Waals surface area contributed by atoms with E-state index < -0.39 is 17.9 Å². The van der Waals surface area contributed by atoms with Gasteiger partial charge in [0.25, 0.3) is 11.6 Å². The smallest absolute Gasteiger partial charge is 0.296 e. The lowest BCUT2D eigenvalue weighted by Gasteiger charge is -2.13. The number of hydrogen-bond donors (Lipinski definition) is 2. The zero-order valence-corrected chi connectivity index (χ0v) is 17.8. The minimum Gasteiger partial charge on any atom is -0.296 e. The van der Waals surface area contributed by atoms with E-state index in [0.29, 0.717) is 22.0 Å². The third-order valence-corrected chi connectivity index (χ3v) is 5.05. The number of anilines is 1. The molecule has 0 fully saturated rings. The van der Waals surface area contributed by atoms with Gasteiger partial charge in [-0.2, -0.15) is 18.2 Å². The standard InChI is InChI=1S/C17H14Cl3F3N6O/c1-7-10(8(2)29-16(24-7)25-15(28-29)17(21,22)23)3-4-13(30)26-27-14-11(19)5-9(18)6-12(14)20/h5-6,27H,3-4H2,1-2H3,(H,26,30). The lowest BCUT2D eigenvalue weighted by molar-refractivity contribution is -0.144. The number of benzene rings is 1. The van der Waals surface area contributed by atoms with E-state index in [4.69, 9.17) is 34.8 Å². The third-order valence-electron chi connectivity index (χ3n) is 4.24. The summed E-state index contributed by atoms with van der Waals surface area (Å²) in [6, 6.07) is 2.93. The monoisotopic (exact) mass is 480 g/mol. The van der Waals surface area contributed by atoms with Crippen LogP contribution in [0, 0.1) is 13.8 Å². The van der Waals surface area contributed by atoms with Gasteiger partial charge >= 0.3 is 6.18 Å². The summed E-state index contributed by atoms with van der Waals surface area (Å²) in [7, 11) is 0. The first kappa shape index (κ1) is 22.4. The summed E-state index contributed by atoms with van der Waals surface area (Å²) in [5.74, 6) is -1.82. The third kappa shape index (κ3) is 4.71. The summed E-state index contributed by atoms with van der Waals surface area (Å²) >= 11 is 17.9. The average molecular weight is 482 g/mol. The maximum absolute atomic E-state index is 12.9. The number of carbonyl (C=O) groups is 1. The van der Waals surface area contributed by atoms with Crippen molar-refractivity contribution < 1.29 is 18.0 Å². The molecule has 3 aromatic rings. The highest BCUT2D eigenvalue weighted by Gasteiger charge is 2.37. The molecule has 0 aliphatic rings. The van der Waals surface area contributed by atoms with Crippen molar-refractivity contribution >= 4 is 52.2 Å². The van der Waals surface area contributed by atoms with Crippen LogP contribution in [0.25, 0.3) is 5.78 Å². The van der Waals surface area contributed by atoms with Crippen molar-refractivity contribution in [2.75, 3.05) is 5.43 Å². The molecule has 0 saturated carbocycles. The average Bonchev–Trinajstić information content (AvgIpc) is 3.05. The molecule has 2 heterocycles. The van der Waals surface area contributed by atoms with Gasteiger partial charge in [0.1, 0.15) is 0 Å². The lowest BCUT2D eigenvalue weighted by atomic mass is 10.1. The number of halogens is 6. The van der Waals surface area contributed by atoms with Crippen LogP contribution in [0.2, 0.25) is 15.1 Å². The first-order valence-corrected chi connectivity index (χ1v) is 9.60.